The van der Waals surface area contributed by atoms with Gasteiger partial charge in [0.05, 0.1) is 10.2 Å². The standard InChI is InChI=1S/C24H31N3OS2/c1-17-7-9-20(10-8-17)29-14-11-22(28)27(13-6-12-26(4)5)24-25-23-19(3)15-18(2)16-21(23)30-24/h7-10,15-16H,6,11-14H2,1-5H3. The number of anilines is 1. The maximum atomic E-state index is 13.2. The van der Waals surface area contributed by atoms with Gasteiger partial charge in [-0.15, -0.1) is 11.8 Å². The lowest BCUT2D eigenvalue weighted by molar-refractivity contribution is -0.118. The van der Waals surface area contributed by atoms with E-state index in [9.17, 15) is 4.79 Å². The fourth-order valence-electron chi connectivity index (χ4n) is 3.37. The van der Waals surface area contributed by atoms with Gasteiger partial charge < -0.3 is 4.90 Å². The average Bonchev–Trinajstić information content (AvgIpc) is 3.10. The smallest absolute Gasteiger partial charge is 0.229 e. The van der Waals surface area contributed by atoms with Crippen LogP contribution in [0.15, 0.2) is 41.3 Å². The predicted molar refractivity (Wildman–Crippen MR) is 131 cm³/mol. The maximum absolute atomic E-state index is 13.2. The lowest BCUT2D eigenvalue weighted by atomic mass is 10.1. The lowest BCUT2D eigenvalue weighted by Crippen LogP contribution is -2.33. The van der Waals surface area contributed by atoms with Crippen LogP contribution in [-0.4, -0.2) is 48.7 Å². The monoisotopic (exact) mass is 441 g/mol. The summed E-state index contributed by atoms with van der Waals surface area (Å²) in [6.45, 7) is 7.93. The van der Waals surface area contributed by atoms with Crippen molar-refractivity contribution in [1.82, 2.24) is 9.88 Å². The van der Waals surface area contributed by atoms with E-state index in [1.807, 2.05) is 4.90 Å². The highest BCUT2D eigenvalue weighted by molar-refractivity contribution is 7.99. The Hall–Kier alpha value is -1.89. The van der Waals surface area contributed by atoms with Gasteiger partial charge in [-0.05, 0) is 77.2 Å². The Bertz CT molecular complexity index is 996. The van der Waals surface area contributed by atoms with Crippen LogP contribution in [0.4, 0.5) is 5.13 Å². The van der Waals surface area contributed by atoms with Crippen molar-refractivity contribution < 1.29 is 4.79 Å². The SMILES string of the molecule is Cc1ccc(SCCC(=O)N(CCCN(C)C)c2nc3c(C)cc(C)cc3s2)cc1. The summed E-state index contributed by atoms with van der Waals surface area (Å²) in [5.41, 5.74) is 4.67. The molecule has 2 aromatic carbocycles. The van der Waals surface area contributed by atoms with E-state index in [0.717, 1.165) is 34.1 Å². The fraction of sp³-hybridized carbons (Fsp3) is 0.417. The number of aromatic nitrogens is 1. The number of carbonyl (C=O) groups is 1. The molecule has 0 aliphatic rings. The van der Waals surface area contributed by atoms with E-state index in [4.69, 9.17) is 4.98 Å². The van der Waals surface area contributed by atoms with Gasteiger partial charge >= 0.3 is 0 Å². The minimum atomic E-state index is 0.154. The van der Waals surface area contributed by atoms with E-state index in [1.54, 1.807) is 23.1 Å². The van der Waals surface area contributed by atoms with Gasteiger partial charge in [-0.1, -0.05) is 35.1 Å². The molecular weight excluding hydrogens is 410 g/mol. The molecule has 0 atom stereocenters. The number of nitrogens with zero attached hydrogens (tertiary/aromatic N) is 3. The molecule has 4 nitrogen and oxygen atoms in total. The van der Waals surface area contributed by atoms with Crippen LogP contribution in [0.5, 0.6) is 0 Å². The Balaban J connectivity index is 1.73. The van der Waals surface area contributed by atoms with Crippen molar-refractivity contribution in [3.63, 3.8) is 0 Å². The van der Waals surface area contributed by atoms with Gasteiger partial charge in [0.15, 0.2) is 5.13 Å². The summed E-state index contributed by atoms with van der Waals surface area (Å²) in [6, 6.07) is 12.8. The second kappa shape index (κ2) is 10.4. The molecule has 0 saturated heterocycles. The fourth-order valence-corrected chi connectivity index (χ4v) is 5.40. The number of benzene rings is 2. The summed E-state index contributed by atoms with van der Waals surface area (Å²) in [7, 11) is 4.13. The zero-order valence-corrected chi connectivity index (χ0v) is 20.2. The van der Waals surface area contributed by atoms with Crippen molar-refractivity contribution in [2.24, 2.45) is 0 Å². The molecule has 0 bridgehead atoms. The summed E-state index contributed by atoms with van der Waals surface area (Å²) in [4.78, 5) is 23.3. The average molecular weight is 442 g/mol. The van der Waals surface area contributed by atoms with Crippen LogP contribution in [-0.2, 0) is 4.79 Å². The van der Waals surface area contributed by atoms with Gasteiger partial charge in [-0.3, -0.25) is 9.69 Å². The van der Waals surface area contributed by atoms with Gasteiger partial charge in [0.2, 0.25) is 5.91 Å². The Labute approximate surface area is 188 Å². The van der Waals surface area contributed by atoms with Crippen molar-refractivity contribution in [3.8, 4) is 0 Å². The molecule has 3 aromatic rings. The van der Waals surface area contributed by atoms with Crippen LogP contribution in [0.25, 0.3) is 10.2 Å². The second-order valence-corrected chi connectivity index (χ2v) is 10.2. The highest BCUT2D eigenvalue weighted by atomic mass is 32.2. The molecule has 6 heteroatoms. The molecular formula is C24H31N3OS2. The minimum absolute atomic E-state index is 0.154. The summed E-state index contributed by atoms with van der Waals surface area (Å²) in [5.74, 6) is 0.927. The molecule has 0 radical (unpaired) electrons. The Morgan fingerprint density at radius 3 is 2.47 bits per heavy atom. The zero-order chi connectivity index (χ0) is 21.7. The Kier molecular flexibility index (Phi) is 7.92. The third-order valence-corrected chi connectivity index (χ3v) is 6.98. The molecule has 0 N–H and O–H groups in total. The van der Waals surface area contributed by atoms with E-state index < -0.39 is 0 Å². The van der Waals surface area contributed by atoms with Crippen LogP contribution in [0.3, 0.4) is 0 Å². The number of rotatable bonds is 9. The topological polar surface area (TPSA) is 36.4 Å². The number of carbonyl (C=O) groups excluding carboxylic acids is 1. The first-order chi connectivity index (χ1) is 14.3. The number of aryl methyl sites for hydroxylation is 3. The predicted octanol–water partition coefficient (Wildman–Crippen LogP) is 5.69. The molecule has 30 heavy (non-hydrogen) atoms. The molecule has 1 amide bonds. The third-order valence-electron chi connectivity index (χ3n) is 4.94. The van der Waals surface area contributed by atoms with Crippen LogP contribution >= 0.6 is 23.1 Å². The third kappa shape index (κ3) is 6.06. The van der Waals surface area contributed by atoms with Crippen molar-refractivity contribution in [1.29, 1.82) is 0 Å². The molecule has 1 heterocycles. The largest absolute Gasteiger partial charge is 0.309 e. The first-order valence-electron chi connectivity index (χ1n) is 10.4. The molecule has 0 aliphatic carbocycles. The summed E-state index contributed by atoms with van der Waals surface area (Å²) in [5, 5.41) is 0.822. The van der Waals surface area contributed by atoms with E-state index in [-0.39, 0.29) is 5.91 Å². The quantitative estimate of drug-likeness (QED) is 0.400. The summed E-state index contributed by atoms with van der Waals surface area (Å²) in [6.07, 6.45) is 1.44. The number of amides is 1. The van der Waals surface area contributed by atoms with E-state index in [0.29, 0.717) is 13.0 Å². The van der Waals surface area contributed by atoms with Crippen molar-refractivity contribution in [2.75, 3.05) is 37.8 Å². The number of thiazole rings is 1. The lowest BCUT2D eigenvalue weighted by Gasteiger charge is -2.21. The molecule has 3 rings (SSSR count). The second-order valence-electron chi connectivity index (χ2n) is 8.04. The normalized spacial score (nSPS) is 11.4. The molecule has 0 fully saturated rings. The van der Waals surface area contributed by atoms with E-state index in [1.165, 1.54) is 21.6 Å². The summed E-state index contributed by atoms with van der Waals surface area (Å²) < 4.78 is 1.15. The van der Waals surface area contributed by atoms with Crippen LogP contribution in [0.1, 0.15) is 29.5 Å². The molecule has 0 unspecified atom stereocenters. The van der Waals surface area contributed by atoms with Crippen molar-refractivity contribution in [2.45, 2.75) is 38.5 Å². The van der Waals surface area contributed by atoms with Gasteiger partial charge in [-0.25, -0.2) is 4.98 Å². The van der Waals surface area contributed by atoms with Crippen LogP contribution < -0.4 is 4.90 Å². The number of hydrogen-bond acceptors (Lipinski definition) is 5. The first kappa shape index (κ1) is 22.8. The molecule has 160 valence electrons. The maximum Gasteiger partial charge on any atom is 0.229 e. The van der Waals surface area contributed by atoms with Crippen LogP contribution in [0.2, 0.25) is 0 Å². The highest BCUT2D eigenvalue weighted by Crippen LogP contribution is 2.32. The van der Waals surface area contributed by atoms with Crippen molar-refractivity contribution >= 4 is 44.4 Å². The highest BCUT2D eigenvalue weighted by Gasteiger charge is 2.20. The van der Waals surface area contributed by atoms with Gasteiger partial charge in [-0.2, -0.15) is 0 Å². The van der Waals surface area contributed by atoms with Crippen LogP contribution in [0, 0.1) is 20.8 Å². The number of hydrogen-bond donors (Lipinski definition) is 0. The van der Waals surface area contributed by atoms with E-state index >= 15 is 0 Å². The van der Waals surface area contributed by atoms with E-state index in [2.05, 4.69) is 76.2 Å². The van der Waals surface area contributed by atoms with Crippen molar-refractivity contribution in [3.05, 3.63) is 53.1 Å². The summed E-state index contributed by atoms with van der Waals surface area (Å²) >= 11 is 3.36. The van der Waals surface area contributed by atoms with Gasteiger partial charge in [0.1, 0.15) is 0 Å². The first-order valence-corrected chi connectivity index (χ1v) is 12.2. The van der Waals surface area contributed by atoms with Gasteiger partial charge in [0.25, 0.3) is 0 Å². The Morgan fingerprint density at radius 2 is 1.77 bits per heavy atom. The Morgan fingerprint density at radius 1 is 1.03 bits per heavy atom. The molecule has 0 spiro atoms. The number of thioether (sulfide) groups is 1. The zero-order valence-electron chi connectivity index (χ0n) is 18.6. The molecule has 0 aliphatic heterocycles. The van der Waals surface area contributed by atoms with Gasteiger partial charge in [0, 0.05) is 23.6 Å². The number of fused-ring (bicyclic) bond motifs is 1. The minimum Gasteiger partial charge on any atom is -0.309 e. The molecule has 0 saturated carbocycles. The molecule has 1 aromatic heterocycles.